The number of halogens is 1. The molecular weight excluding hydrogens is 280 g/mol. The maximum Gasteiger partial charge on any atom is 0.0705 e. The van der Waals surface area contributed by atoms with Crippen molar-refractivity contribution < 1.29 is 0 Å². The maximum atomic E-state index is 5.93. The summed E-state index contributed by atoms with van der Waals surface area (Å²) in [6, 6.07) is 18.5. The Bertz CT molecular complexity index is 732. The van der Waals surface area contributed by atoms with Crippen molar-refractivity contribution in [2.75, 3.05) is 0 Å². The molecule has 0 aliphatic rings. The Hall–Kier alpha value is -1.90. The predicted octanol–water partition coefficient (Wildman–Crippen LogP) is 4.74. The van der Waals surface area contributed by atoms with Gasteiger partial charge in [-0.25, -0.2) is 0 Å². The van der Waals surface area contributed by atoms with Crippen LogP contribution in [0.2, 0.25) is 5.02 Å². The van der Waals surface area contributed by atoms with Crippen molar-refractivity contribution in [3.8, 4) is 0 Å². The van der Waals surface area contributed by atoms with E-state index in [-0.39, 0.29) is 6.04 Å². The molecule has 1 heterocycles. The summed E-state index contributed by atoms with van der Waals surface area (Å²) in [6.45, 7) is 2.97. The molecule has 0 aliphatic carbocycles. The summed E-state index contributed by atoms with van der Waals surface area (Å²) in [5, 5.41) is 5.53. The van der Waals surface area contributed by atoms with Gasteiger partial charge in [0, 0.05) is 29.2 Å². The minimum Gasteiger partial charge on any atom is -0.306 e. The second-order valence-electron chi connectivity index (χ2n) is 5.14. The van der Waals surface area contributed by atoms with Gasteiger partial charge in [0.05, 0.1) is 5.52 Å². The smallest absolute Gasteiger partial charge is 0.0705 e. The van der Waals surface area contributed by atoms with Crippen LogP contribution in [0.5, 0.6) is 0 Å². The van der Waals surface area contributed by atoms with E-state index >= 15 is 0 Å². The van der Waals surface area contributed by atoms with E-state index in [1.54, 1.807) is 0 Å². The van der Waals surface area contributed by atoms with Crippen LogP contribution in [0.4, 0.5) is 0 Å². The molecule has 0 aliphatic heterocycles. The molecule has 106 valence electrons. The first-order valence-corrected chi connectivity index (χ1v) is 7.43. The lowest BCUT2D eigenvalue weighted by molar-refractivity contribution is 0.576. The fourth-order valence-electron chi connectivity index (χ4n) is 2.44. The largest absolute Gasteiger partial charge is 0.306 e. The lowest BCUT2D eigenvalue weighted by Gasteiger charge is -2.15. The molecule has 0 amide bonds. The molecule has 0 spiro atoms. The average molecular weight is 297 g/mol. The summed E-state index contributed by atoms with van der Waals surface area (Å²) in [5.74, 6) is 0. The number of nitrogens with zero attached hydrogens (tertiary/aromatic N) is 1. The highest BCUT2D eigenvalue weighted by molar-refractivity contribution is 6.30. The average Bonchev–Trinajstić information content (AvgIpc) is 2.53. The zero-order valence-electron chi connectivity index (χ0n) is 11.9. The molecule has 21 heavy (non-hydrogen) atoms. The van der Waals surface area contributed by atoms with Gasteiger partial charge in [0.25, 0.3) is 0 Å². The van der Waals surface area contributed by atoms with Crippen molar-refractivity contribution in [2.24, 2.45) is 0 Å². The third kappa shape index (κ3) is 3.23. The highest BCUT2D eigenvalue weighted by Crippen LogP contribution is 2.19. The standard InChI is InChI=1S/C18H17ClN2/c1-13(14-6-8-16(19)9-7-14)21-12-15-10-11-20-18-5-3-2-4-17(15)18/h2-11,13,21H,12H2,1H3/t13-/m0/s1. The van der Waals surface area contributed by atoms with E-state index in [9.17, 15) is 0 Å². The van der Waals surface area contributed by atoms with Gasteiger partial charge in [-0.15, -0.1) is 0 Å². The Morgan fingerprint density at radius 2 is 1.81 bits per heavy atom. The topological polar surface area (TPSA) is 24.9 Å². The van der Waals surface area contributed by atoms with E-state index in [1.807, 2.05) is 30.5 Å². The molecule has 0 saturated heterocycles. The van der Waals surface area contributed by atoms with Crippen LogP contribution in [-0.4, -0.2) is 4.98 Å². The van der Waals surface area contributed by atoms with Gasteiger partial charge in [-0.3, -0.25) is 4.98 Å². The number of fused-ring (bicyclic) bond motifs is 1. The molecule has 0 fully saturated rings. The molecule has 1 aromatic heterocycles. The zero-order chi connectivity index (χ0) is 14.7. The fourth-order valence-corrected chi connectivity index (χ4v) is 2.57. The van der Waals surface area contributed by atoms with Crippen LogP contribution in [0.3, 0.4) is 0 Å². The summed E-state index contributed by atoms with van der Waals surface area (Å²) in [5.41, 5.74) is 3.54. The van der Waals surface area contributed by atoms with E-state index in [0.29, 0.717) is 0 Å². The maximum absolute atomic E-state index is 5.93. The van der Waals surface area contributed by atoms with Gasteiger partial charge in [0.15, 0.2) is 0 Å². The molecule has 3 rings (SSSR count). The molecule has 0 bridgehead atoms. The van der Waals surface area contributed by atoms with E-state index in [2.05, 4.69) is 47.6 Å². The first-order chi connectivity index (χ1) is 10.2. The van der Waals surface area contributed by atoms with Crippen molar-refractivity contribution in [1.29, 1.82) is 0 Å². The molecule has 2 nitrogen and oxygen atoms in total. The first-order valence-electron chi connectivity index (χ1n) is 7.05. The van der Waals surface area contributed by atoms with Crippen LogP contribution in [-0.2, 0) is 6.54 Å². The minimum absolute atomic E-state index is 0.272. The zero-order valence-corrected chi connectivity index (χ0v) is 12.6. The molecule has 3 heteroatoms. The Balaban J connectivity index is 1.76. The number of benzene rings is 2. The van der Waals surface area contributed by atoms with Gasteiger partial charge in [0.2, 0.25) is 0 Å². The fraction of sp³-hybridized carbons (Fsp3) is 0.167. The van der Waals surface area contributed by atoms with E-state index < -0.39 is 0 Å². The van der Waals surface area contributed by atoms with E-state index in [1.165, 1.54) is 16.5 Å². The Kier molecular flexibility index (Phi) is 4.18. The van der Waals surface area contributed by atoms with Gasteiger partial charge < -0.3 is 5.32 Å². The van der Waals surface area contributed by atoms with Gasteiger partial charge in [0.1, 0.15) is 0 Å². The summed E-state index contributed by atoms with van der Waals surface area (Å²) < 4.78 is 0. The van der Waals surface area contributed by atoms with Crippen LogP contribution >= 0.6 is 11.6 Å². The third-order valence-corrected chi connectivity index (χ3v) is 3.96. The number of pyridine rings is 1. The van der Waals surface area contributed by atoms with E-state index in [0.717, 1.165) is 17.1 Å². The number of hydrogen-bond donors (Lipinski definition) is 1. The van der Waals surface area contributed by atoms with Crippen LogP contribution in [0.15, 0.2) is 60.8 Å². The Labute approximate surface area is 129 Å². The Morgan fingerprint density at radius 1 is 1.05 bits per heavy atom. The van der Waals surface area contributed by atoms with Crippen molar-refractivity contribution in [3.05, 3.63) is 76.9 Å². The lowest BCUT2D eigenvalue weighted by Crippen LogP contribution is -2.18. The number of aromatic nitrogens is 1. The molecule has 1 atom stereocenters. The van der Waals surface area contributed by atoms with Crippen molar-refractivity contribution in [1.82, 2.24) is 10.3 Å². The van der Waals surface area contributed by atoms with Crippen molar-refractivity contribution in [3.63, 3.8) is 0 Å². The van der Waals surface area contributed by atoms with Gasteiger partial charge in [-0.2, -0.15) is 0 Å². The van der Waals surface area contributed by atoms with Crippen LogP contribution in [0.1, 0.15) is 24.1 Å². The van der Waals surface area contributed by atoms with Crippen LogP contribution < -0.4 is 5.32 Å². The second-order valence-corrected chi connectivity index (χ2v) is 5.58. The SMILES string of the molecule is C[C@H](NCc1ccnc2ccccc12)c1ccc(Cl)cc1. The number of hydrogen-bond acceptors (Lipinski definition) is 2. The van der Waals surface area contributed by atoms with Gasteiger partial charge in [-0.05, 0) is 42.3 Å². The number of nitrogens with one attached hydrogen (secondary N) is 1. The predicted molar refractivity (Wildman–Crippen MR) is 88.4 cm³/mol. The monoisotopic (exact) mass is 296 g/mol. The normalized spacial score (nSPS) is 12.5. The molecule has 3 aromatic rings. The van der Waals surface area contributed by atoms with Gasteiger partial charge in [-0.1, -0.05) is 41.9 Å². The lowest BCUT2D eigenvalue weighted by atomic mass is 10.1. The summed E-state index contributed by atoms with van der Waals surface area (Å²) in [4.78, 5) is 4.39. The number of rotatable bonds is 4. The van der Waals surface area contributed by atoms with Crippen LogP contribution in [0, 0.1) is 0 Å². The van der Waals surface area contributed by atoms with Gasteiger partial charge >= 0.3 is 0 Å². The summed E-state index contributed by atoms with van der Waals surface area (Å²) in [7, 11) is 0. The minimum atomic E-state index is 0.272. The summed E-state index contributed by atoms with van der Waals surface area (Å²) in [6.07, 6.45) is 1.87. The van der Waals surface area contributed by atoms with Crippen molar-refractivity contribution in [2.45, 2.75) is 19.5 Å². The van der Waals surface area contributed by atoms with Crippen molar-refractivity contribution >= 4 is 22.5 Å². The molecule has 0 radical (unpaired) electrons. The molecular formula is C18H17ClN2. The number of para-hydroxylation sites is 1. The van der Waals surface area contributed by atoms with Crippen LogP contribution in [0.25, 0.3) is 10.9 Å². The molecule has 0 unspecified atom stereocenters. The second kappa shape index (κ2) is 6.25. The third-order valence-electron chi connectivity index (χ3n) is 3.71. The Morgan fingerprint density at radius 3 is 2.62 bits per heavy atom. The molecule has 1 N–H and O–H groups in total. The first kappa shape index (κ1) is 14.1. The highest BCUT2D eigenvalue weighted by atomic mass is 35.5. The quantitative estimate of drug-likeness (QED) is 0.752. The molecule has 2 aromatic carbocycles. The molecule has 0 saturated carbocycles. The summed E-state index contributed by atoms with van der Waals surface area (Å²) >= 11 is 5.93. The highest BCUT2D eigenvalue weighted by Gasteiger charge is 2.06. The van der Waals surface area contributed by atoms with E-state index in [4.69, 9.17) is 11.6 Å².